The fraction of sp³-hybridized carbons (Fsp3) is 0.694. The molecule has 34 nitrogen and oxygen atoms in total. The van der Waals surface area contributed by atoms with Crippen LogP contribution < -0.4 is 26.6 Å². The van der Waals surface area contributed by atoms with E-state index in [4.69, 9.17) is 54.6 Å². The van der Waals surface area contributed by atoms with Crippen LogP contribution in [0.4, 0.5) is 4.39 Å². The lowest BCUT2D eigenvalue weighted by atomic mass is 10.0. The van der Waals surface area contributed by atoms with Crippen LogP contribution in [0.3, 0.4) is 0 Å². The quantitative estimate of drug-likeness (QED) is 0.0209. The molecule has 0 aromatic heterocycles. The van der Waals surface area contributed by atoms with E-state index >= 15 is 0 Å². The minimum absolute atomic E-state index is 0.133. The highest BCUT2D eigenvalue weighted by Crippen LogP contribution is 2.14. The number of alkyl halides is 1. The van der Waals surface area contributed by atoms with E-state index in [0.717, 1.165) is 28.5 Å². The first kappa shape index (κ1) is 78.2. The molecule has 2 atom stereocenters. The first-order valence-corrected chi connectivity index (χ1v) is 25.1. The molecule has 0 aliphatic rings. The van der Waals surface area contributed by atoms with Gasteiger partial charge in [-0.2, -0.15) is 0 Å². The molecular formula is C49H81FN8O26. The summed E-state index contributed by atoms with van der Waals surface area (Å²) in [5, 5.41) is 39.8. The fourth-order valence-electron chi connectivity index (χ4n) is 5.93. The van der Waals surface area contributed by atoms with Gasteiger partial charge in [0.2, 0.25) is 29.5 Å². The van der Waals surface area contributed by atoms with E-state index in [1.54, 1.807) is 0 Å². The lowest BCUT2D eigenvalue weighted by Gasteiger charge is -2.33. The van der Waals surface area contributed by atoms with Crippen molar-refractivity contribution in [2.75, 3.05) is 148 Å². The second kappa shape index (κ2) is 44.7. The van der Waals surface area contributed by atoms with Gasteiger partial charge < -0.3 is 94.5 Å². The summed E-state index contributed by atoms with van der Waals surface area (Å²) in [6.07, 6.45) is -3.75. The molecule has 0 spiro atoms. The van der Waals surface area contributed by atoms with Crippen molar-refractivity contribution < 1.29 is 131 Å². The summed E-state index contributed by atoms with van der Waals surface area (Å²) in [5.41, 5.74) is -3.70. The molecule has 0 radical (unpaired) electrons. The zero-order valence-corrected chi connectivity index (χ0v) is 48.7. The van der Waals surface area contributed by atoms with Gasteiger partial charge in [-0.1, -0.05) is 0 Å². The molecule has 5 amide bonds. The standard InChI is InChI=1S/C27H42N4O16.C21H36N4O10.CH3F/c1-17(47-18(2)35)19(36)6-7-20(37)28-27(14-44-24(41)8-29(3)21(38)11-32,15-45-25(42)9-30(4)22(39)12-33)16-46-26(43)10-31(5)23(40)13-34;1-14(35-15(2)26)16(27)6-7-17(28)25-21(11-32-18(29)8-22-3,12-33-19(30)9-23-4)13-34-20(31)10-24-5;1-2/h17,32-34H,6-16H2,1-5H3,(H,28,37);14,22-24H,6-13H2,1-5H3,(H,25,28);1H3/i;;1D. The van der Waals surface area contributed by atoms with Crippen molar-refractivity contribution in [2.24, 2.45) is 0 Å². The van der Waals surface area contributed by atoms with Crippen molar-refractivity contribution in [3.63, 3.8) is 0 Å². The first-order valence-electron chi connectivity index (χ1n) is 25.8. The van der Waals surface area contributed by atoms with Gasteiger partial charge in [-0.25, -0.2) is 0 Å². The Morgan fingerprint density at radius 3 is 0.881 bits per heavy atom. The molecule has 84 heavy (non-hydrogen) atoms. The largest absolute Gasteiger partial charge is 0.462 e. The summed E-state index contributed by atoms with van der Waals surface area (Å²) < 4.78 is 56.2. The van der Waals surface area contributed by atoms with Gasteiger partial charge in [0.05, 0.1) is 28.2 Å². The third-order valence-electron chi connectivity index (χ3n) is 10.4. The van der Waals surface area contributed by atoms with Crippen LogP contribution in [0.15, 0.2) is 0 Å². The minimum Gasteiger partial charge on any atom is -0.462 e. The number of nitrogens with zero attached hydrogens (tertiary/aromatic N) is 3. The van der Waals surface area contributed by atoms with Gasteiger partial charge in [0.1, 0.15) is 90.2 Å². The van der Waals surface area contributed by atoms with Gasteiger partial charge in [-0.05, 0) is 35.0 Å². The number of nitrogens with one attached hydrogen (secondary N) is 5. The van der Waals surface area contributed by atoms with Crippen LogP contribution in [0.2, 0.25) is 0 Å². The summed E-state index contributed by atoms with van der Waals surface area (Å²) in [7, 11) is 7.14. The van der Waals surface area contributed by atoms with Crippen molar-refractivity contribution >= 4 is 88.9 Å². The Morgan fingerprint density at radius 1 is 0.452 bits per heavy atom. The minimum atomic E-state index is -2.07. The van der Waals surface area contributed by atoms with E-state index in [0.29, 0.717) is 0 Å². The summed E-state index contributed by atoms with van der Waals surface area (Å²) in [6, 6.07) is 0. The third kappa shape index (κ3) is 37.3. The normalized spacial score (nSPS) is 11.4. The molecule has 0 rings (SSSR count). The molecule has 0 aromatic carbocycles. The number of carbonyl (C=O) groups excluding carboxylic acids is 15. The molecule has 2 unspecified atom stereocenters. The highest BCUT2D eigenvalue weighted by molar-refractivity contribution is 5.90. The van der Waals surface area contributed by atoms with Crippen molar-refractivity contribution in [2.45, 2.75) is 76.7 Å². The number of aliphatic hydroxyl groups excluding tert-OH is 3. The zero-order valence-electron chi connectivity index (χ0n) is 49.7. The third-order valence-corrected chi connectivity index (χ3v) is 10.4. The second-order valence-corrected chi connectivity index (χ2v) is 17.9. The van der Waals surface area contributed by atoms with E-state index in [9.17, 15) is 76.3 Å². The SMILES string of the molecule is CC(=O)OC(C)C(=O)CCC(=O)NC(COC(=O)CN(C)C(=O)CO)(COC(=O)CN(C)C(=O)CO)COC(=O)CN(C)C(=O)CO.CNCC(=O)OCC(COC(=O)CNC)(COC(=O)CNC)NC(=O)CCC(=O)C(C)OC(C)=O.[2H]CF. The highest BCUT2D eigenvalue weighted by atomic mass is 19.1. The molecule has 0 aliphatic heterocycles. The van der Waals surface area contributed by atoms with Gasteiger partial charge >= 0.3 is 47.8 Å². The van der Waals surface area contributed by atoms with Crippen LogP contribution in [0.1, 0.15) is 54.7 Å². The van der Waals surface area contributed by atoms with Crippen LogP contribution >= 0.6 is 0 Å². The molecule has 8 N–H and O–H groups in total. The molecule has 0 aliphatic carbocycles. The van der Waals surface area contributed by atoms with Gasteiger partial charge in [0.15, 0.2) is 23.8 Å². The first-order chi connectivity index (χ1) is 39.8. The molecule has 0 fully saturated rings. The maximum atomic E-state index is 13.0. The number of Topliss-reactive ketones (excluding diaryl/α,β-unsaturated/α-hetero) is 2. The maximum Gasteiger partial charge on any atom is 0.325 e. The van der Waals surface area contributed by atoms with E-state index in [1.807, 2.05) is 0 Å². The van der Waals surface area contributed by atoms with Gasteiger partial charge in [0, 0.05) is 60.7 Å². The number of ketones is 2. The van der Waals surface area contributed by atoms with Crippen LogP contribution in [0, 0.1) is 0 Å². The number of halogens is 1. The summed E-state index contributed by atoms with van der Waals surface area (Å²) in [4.78, 5) is 183. The second-order valence-electron chi connectivity index (χ2n) is 17.9. The van der Waals surface area contributed by atoms with Crippen molar-refractivity contribution in [3.05, 3.63) is 0 Å². The van der Waals surface area contributed by atoms with E-state index in [2.05, 4.69) is 26.6 Å². The molecule has 0 bridgehead atoms. The zero-order chi connectivity index (χ0) is 65.9. The number of likely N-dealkylation sites (N-methyl/N-ethyl adjacent to an activating group) is 6. The number of carbonyl (C=O) groups is 15. The van der Waals surface area contributed by atoms with E-state index in [1.165, 1.54) is 56.1 Å². The van der Waals surface area contributed by atoms with Crippen LogP contribution in [-0.2, 0) is 110 Å². The Bertz CT molecular complexity index is 2080. The van der Waals surface area contributed by atoms with E-state index in [-0.39, 0.29) is 32.5 Å². The van der Waals surface area contributed by atoms with Gasteiger partial charge in [0.25, 0.3) is 0 Å². The Kier molecular flexibility index (Phi) is 41.6. The number of hydrogen-bond acceptors (Lipinski definition) is 29. The number of aliphatic hydroxyl groups is 3. The Morgan fingerprint density at radius 2 is 0.679 bits per heavy atom. The lowest BCUT2D eigenvalue weighted by molar-refractivity contribution is -0.163. The maximum absolute atomic E-state index is 13.0. The fourth-order valence-corrected chi connectivity index (χ4v) is 5.93. The summed E-state index contributed by atoms with van der Waals surface area (Å²) in [6.45, 7) is -4.31. The molecular weight excluding hydrogens is 1140 g/mol. The average Bonchev–Trinajstić information content (AvgIpc) is 3.56. The van der Waals surface area contributed by atoms with Crippen molar-refractivity contribution in [1.82, 2.24) is 41.3 Å². The highest BCUT2D eigenvalue weighted by Gasteiger charge is 2.40. The Labute approximate surface area is 485 Å². The number of amides is 5. The molecule has 0 saturated carbocycles. The van der Waals surface area contributed by atoms with E-state index < -0.39 is 211 Å². The van der Waals surface area contributed by atoms with Crippen molar-refractivity contribution in [1.29, 1.82) is 0 Å². The summed E-state index contributed by atoms with van der Waals surface area (Å²) >= 11 is 0. The number of ether oxygens (including phenoxy) is 8. The predicted octanol–water partition coefficient (Wildman–Crippen LogP) is -6.86. The molecule has 480 valence electrons. The molecule has 0 saturated heterocycles. The van der Waals surface area contributed by atoms with Gasteiger partial charge in [-0.15, -0.1) is 0 Å². The smallest absolute Gasteiger partial charge is 0.325 e. The van der Waals surface area contributed by atoms with Gasteiger partial charge in [-0.3, -0.25) is 76.3 Å². The Hall–Kier alpha value is -7.86. The molecule has 0 aromatic rings. The van der Waals surface area contributed by atoms with Crippen LogP contribution in [-0.4, -0.2) is 290 Å². The topological polar surface area (TPSA) is 460 Å². The number of rotatable bonds is 39. The average molecular weight is 1220 g/mol. The summed E-state index contributed by atoms with van der Waals surface area (Å²) in [5.74, 6) is -11.8. The lowest BCUT2D eigenvalue weighted by Crippen LogP contribution is -2.60. The van der Waals surface area contributed by atoms with Crippen LogP contribution in [0.5, 0.6) is 0 Å². The van der Waals surface area contributed by atoms with Crippen molar-refractivity contribution in [3.8, 4) is 0 Å². The van der Waals surface area contributed by atoms with Crippen LogP contribution in [0.25, 0.3) is 0 Å². The number of hydrogen-bond donors (Lipinski definition) is 8. The predicted molar refractivity (Wildman–Crippen MR) is 281 cm³/mol. The number of esters is 8. The molecule has 0 heterocycles. The molecule has 35 heteroatoms. The Balaban J connectivity index is -0.00000157. The monoisotopic (exact) mass is 1220 g/mol.